The summed E-state index contributed by atoms with van der Waals surface area (Å²) in [4.78, 5) is 52.5. The first-order valence-electron chi connectivity index (χ1n) is 9.52. The summed E-state index contributed by atoms with van der Waals surface area (Å²) in [7, 11) is -10.5. The molecule has 1 aliphatic rings. The van der Waals surface area contributed by atoms with Gasteiger partial charge in [0.05, 0.1) is 12.9 Å². The van der Waals surface area contributed by atoms with E-state index in [2.05, 4.69) is 33.6 Å². The van der Waals surface area contributed by atoms with E-state index in [-0.39, 0.29) is 17.1 Å². The highest BCUT2D eigenvalue weighted by Crippen LogP contribution is 2.61. The maximum Gasteiger partial charge on any atom is 0.483 e. The smallest absolute Gasteiger partial charge is 0.387 e. The number of halogens is 1. The topological polar surface area (TPSA) is 271 Å². The van der Waals surface area contributed by atoms with Crippen molar-refractivity contribution in [1.29, 1.82) is 0 Å². The minimum absolute atomic E-state index is 0.0750. The highest BCUT2D eigenvalue weighted by atomic mass is 35.5. The third kappa shape index (κ3) is 6.63. The van der Waals surface area contributed by atoms with Gasteiger partial charge in [0.25, 0.3) is 5.56 Å². The van der Waals surface area contributed by atoms with Crippen molar-refractivity contribution in [2.24, 2.45) is 0 Å². The van der Waals surface area contributed by atoms with Crippen LogP contribution in [0.3, 0.4) is 0 Å². The summed E-state index contributed by atoms with van der Waals surface area (Å²) in [6.07, 6.45) is -6.46. The normalized spacial score (nSPS) is 26.8. The van der Waals surface area contributed by atoms with Gasteiger partial charge in [0.2, 0.25) is 11.9 Å². The molecular weight excluding hydrogens is 542 g/mol. The number of fused-ring (bicyclic) bond motifs is 1. The van der Waals surface area contributed by atoms with Gasteiger partial charge in [-0.3, -0.25) is 28.2 Å². The molecule has 35 heavy (non-hydrogen) atoms. The Morgan fingerprint density at radius 2 is 2.06 bits per heavy atom. The molecule has 3 unspecified atom stereocenters. The fraction of sp³-hybridized carbons (Fsp3) is 0.571. The number of carbonyl (C=O) groups excluding carboxylic acids is 1. The van der Waals surface area contributed by atoms with Crippen molar-refractivity contribution in [2.45, 2.75) is 37.7 Å². The second kappa shape index (κ2) is 10.6. The number of aromatic nitrogens is 4. The Hall–Kier alpha value is -1.95. The van der Waals surface area contributed by atoms with E-state index in [1.807, 2.05) is 0 Å². The van der Waals surface area contributed by atoms with E-state index in [0.29, 0.717) is 0 Å². The zero-order chi connectivity index (χ0) is 26.1. The van der Waals surface area contributed by atoms with Gasteiger partial charge < -0.3 is 35.8 Å². The van der Waals surface area contributed by atoms with E-state index in [0.717, 1.165) is 17.8 Å². The quantitative estimate of drug-likeness (QED) is 0.0962. The number of nitrogens with zero attached hydrogens (tertiary/aromatic N) is 3. The van der Waals surface area contributed by atoms with Crippen molar-refractivity contribution < 1.29 is 52.0 Å². The van der Waals surface area contributed by atoms with Gasteiger partial charge in [0.15, 0.2) is 17.4 Å². The Labute approximate surface area is 200 Å². The number of aromatic amines is 1. The molecule has 7 atom stereocenters. The van der Waals surface area contributed by atoms with E-state index >= 15 is 0 Å². The predicted octanol–water partition coefficient (Wildman–Crippen LogP) is -1.73. The lowest BCUT2D eigenvalue weighted by atomic mass is 10.1. The zero-order valence-electron chi connectivity index (χ0n) is 17.6. The predicted molar refractivity (Wildman–Crippen MR) is 115 cm³/mol. The van der Waals surface area contributed by atoms with E-state index in [9.17, 15) is 38.7 Å². The van der Waals surface area contributed by atoms with Crippen LogP contribution in [0.25, 0.3) is 11.2 Å². The third-order valence-corrected chi connectivity index (χ3v) is 7.40. The van der Waals surface area contributed by atoms with Crippen molar-refractivity contribution in [3.8, 4) is 0 Å². The fourth-order valence-corrected chi connectivity index (χ4v) is 5.31. The molecule has 0 aliphatic carbocycles. The number of aliphatic hydroxyl groups is 2. The Kier molecular flexibility index (Phi) is 8.35. The largest absolute Gasteiger partial charge is 0.483 e. The average Bonchev–Trinajstić information content (AvgIpc) is 3.26. The summed E-state index contributed by atoms with van der Waals surface area (Å²) in [5.41, 5.74) is 4.65. The number of amides is 1. The molecule has 0 spiro atoms. The summed E-state index contributed by atoms with van der Waals surface area (Å²) in [5, 5.41) is 22.7. The molecule has 3 heterocycles. The number of nitrogens with two attached hydrogens (primary N) is 1. The molecule has 2 aromatic rings. The van der Waals surface area contributed by atoms with Crippen LogP contribution in [0.1, 0.15) is 13.2 Å². The van der Waals surface area contributed by atoms with Crippen LogP contribution in [0.15, 0.2) is 11.1 Å². The molecule has 2 aromatic heterocycles. The molecule has 1 amide bonds. The van der Waals surface area contributed by atoms with Crippen molar-refractivity contribution in [3.63, 3.8) is 0 Å². The van der Waals surface area contributed by atoms with Crippen LogP contribution >= 0.6 is 27.2 Å². The number of alkyl halides is 1. The Balaban J connectivity index is 1.65. The number of imidazole rings is 1. The van der Waals surface area contributed by atoms with Crippen molar-refractivity contribution in [2.75, 3.05) is 18.2 Å². The maximum absolute atomic E-state index is 12.1. The Morgan fingerprint density at radius 1 is 1.37 bits per heavy atom. The molecular formula is C14H21ClN6O12P2. The van der Waals surface area contributed by atoms with Crippen LogP contribution in [0.4, 0.5) is 5.95 Å². The molecule has 8 N–H and O–H groups in total. The minimum atomic E-state index is -5.29. The summed E-state index contributed by atoms with van der Waals surface area (Å²) in [6.45, 7) is 0.226. The second-order valence-electron chi connectivity index (χ2n) is 7.08. The van der Waals surface area contributed by atoms with Gasteiger partial charge in [-0.05, 0) is 6.92 Å². The molecule has 196 valence electrons. The molecule has 1 aliphatic heterocycles. The number of hydrogen-bond donors (Lipinski definition) is 7. The van der Waals surface area contributed by atoms with Gasteiger partial charge >= 0.3 is 15.6 Å². The van der Waals surface area contributed by atoms with Crippen LogP contribution in [0.2, 0.25) is 0 Å². The number of phosphoric acid groups is 2. The molecule has 0 bridgehead atoms. The van der Waals surface area contributed by atoms with Crippen molar-refractivity contribution in [3.05, 3.63) is 16.7 Å². The maximum atomic E-state index is 12.1. The Morgan fingerprint density at radius 3 is 2.71 bits per heavy atom. The number of anilines is 1. The standard InChI is InChI=1S/C14H21ClN6O12P2/c1-5(18-7(22)2-15)32-35(28,29)33-34(26,27)30-3-6-9(23)10(24)13(31-6)21-4-17-8-11(21)19-14(16)20-12(8)25/h4-6,9-10,13,23-24H,2-3H2,1H3,(H,18,22)(H,26,27)(H,28,29)(H3,16,19,20,25)/t5?,6-,9-,10-,13-/m1/s1. The first kappa shape index (κ1) is 27.6. The minimum Gasteiger partial charge on any atom is -0.387 e. The molecule has 0 saturated carbocycles. The molecule has 1 saturated heterocycles. The monoisotopic (exact) mass is 562 g/mol. The lowest BCUT2D eigenvalue weighted by Gasteiger charge is -2.21. The van der Waals surface area contributed by atoms with Crippen molar-refractivity contribution in [1.82, 2.24) is 24.8 Å². The molecule has 0 radical (unpaired) electrons. The van der Waals surface area contributed by atoms with E-state index < -0.39 is 70.4 Å². The van der Waals surface area contributed by atoms with Gasteiger partial charge in [-0.2, -0.15) is 9.29 Å². The molecule has 0 aromatic carbocycles. The van der Waals surface area contributed by atoms with Crippen molar-refractivity contribution >= 4 is 50.3 Å². The fourth-order valence-electron chi connectivity index (χ4n) is 3.06. The summed E-state index contributed by atoms with van der Waals surface area (Å²) < 4.78 is 43.8. The molecule has 1 fully saturated rings. The number of hydrogen-bond acceptors (Lipinski definition) is 13. The van der Waals surface area contributed by atoms with Gasteiger partial charge in [-0.25, -0.2) is 14.1 Å². The first-order chi connectivity index (χ1) is 16.2. The van der Waals surface area contributed by atoms with Gasteiger partial charge in [0.1, 0.15) is 30.4 Å². The number of H-pyrrole nitrogens is 1. The number of ether oxygens (including phenoxy) is 1. The number of nitrogens with one attached hydrogen (secondary N) is 2. The highest BCUT2D eigenvalue weighted by molar-refractivity contribution is 7.61. The summed E-state index contributed by atoms with van der Waals surface area (Å²) in [5.74, 6) is -1.48. The Bertz CT molecular complexity index is 1240. The van der Waals surface area contributed by atoms with Crippen LogP contribution < -0.4 is 16.6 Å². The summed E-state index contributed by atoms with van der Waals surface area (Å²) >= 11 is 5.27. The third-order valence-electron chi connectivity index (χ3n) is 4.45. The number of carbonyl (C=O) groups is 1. The van der Waals surface area contributed by atoms with E-state index in [4.69, 9.17) is 22.1 Å². The van der Waals surface area contributed by atoms with Crippen LogP contribution in [0.5, 0.6) is 0 Å². The van der Waals surface area contributed by atoms with E-state index in [1.165, 1.54) is 0 Å². The number of aliphatic hydroxyl groups excluding tert-OH is 2. The lowest BCUT2D eigenvalue weighted by Crippen LogP contribution is -2.34. The van der Waals surface area contributed by atoms with Gasteiger partial charge in [0, 0.05) is 0 Å². The average molecular weight is 563 g/mol. The lowest BCUT2D eigenvalue weighted by molar-refractivity contribution is -0.120. The highest BCUT2D eigenvalue weighted by Gasteiger charge is 2.46. The van der Waals surface area contributed by atoms with Gasteiger partial charge in [-0.1, -0.05) is 0 Å². The van der Waals surface area contributed by atoms with Crippen LogP contribution in [-0.4, -0.2) is 82.5 Å². The van der Waals surface area contributed by atoms with Gasteiger partial charge in [-0.15, -0.1) is 11.6 Å². The SMILES string of the molecule is CC(NC(=O)CCl)OP(=O)(O)OP(=O)(O)OC[C@H]1O[C@@H](n2cnc3c(=O)[nH]c(N)nc32)[C@H](O)[C@@H]1O. The number of rotatable bonds is 10. The number of nitrogen functional groups attached to an aromatic ring is 1. The van der Waals surface area contributed by atoms with Crippen LogP contribution in [-0.2, 0) is 32.0 Å². The zero-order valence-corrected chi connectivity index (χ0v) is 20.2. The van der Waals surface area contributed by atoms with Crippen LogP contribution in [0, 0.1) is 0 Å². The number of phosphoric ester groups is 2. The second-order valence-corrected chi connectivity index (χ2v) is 10.3. The molecule has 18 nitrogen and oxygen atoms in total. The molecule has 21 heteroatoms. The van der Waals surface area contributed by atoms with E-state index in [1.54, 1.807) is 0 Å². The summed E-state index contributed by atoms with van der Waals surface area (Å²) in [6, 6.07) is 0. The molecule has 3 rings (SSSR count). The first-order valence-corrected chi connectivity index (χ1v) is 13.0.